The number of benzene rings is 2. The van der Waals surface area contributed by atoms with Crippen LogP contribution in [0.25, 0.3) is 11.8 Å². The molecule has 1 aliphatic rings. The number of methoxy groups -OCH3 is 1. The molecular formula is C24H25FN4O2. The Morgan fingerprint density at radius 3 is 2.65 bits per heavy atom. The van der Waals surface area contributed by atoms with Crippen molar-refractivity contribution in [2.75, 3.05) is 20.7 Å². The molecule has 1 amide bonds. The summed E-state index contributed by atoms with van der Waals surface area (Å²) < 4.78 is 20.7. The Kier molecular flexibility index (Phi) is 5.86. The molecule has 0 saturated carbocycles. The van der Waals surface area contributed by atoms with E-state index in [4.69, 9.17) is 4.74 Å². The largest absolute Gasteiger partial charge is 0.495 e. The van der Waals surface area contributed by atoms with E-state index in [2.05, 4.69) is 4.98 Å². The molecule has 0 atom stereocenters. The van der Waals surface area contributed by atoms with Crippen molar-refractivity contribution in [1.29, 1.82) is 0 Å². The molecule has 3 aromatic rings. The van der Waals surface area contributed by atoms with Crippen LogP contribution in [0.2, 0.25) is 0 Å². The number of ether oxygens (including phenoxy) is 1. The van der Waals surface area contributed by atoms with Crippen molar-refractivity contribution in [3.63, 3.8) is 0 Å². The number of rotatable bonds is 5. The second-order valence-electron chi connectivity index (χ2n) is 7.64. The number of hydrazine groups is 1. The summed E-state index contributed by atoms with van der Waals surface area (Å²) in [5.74, 6) is 0.368. The Labute approximate surface area is 181 Å². The van der Waals surface area contributed by atoms with E-state index in [1.165, 1.54) is 12.1 Å². The van der Waals surface area contributed by atoms with Gasteiger partial charge in [0.05, 0.1) is 31.4 Å². The first kappa shape index (κ1) is 20.8. The van der Waals surface area contributed by atoms with E-state index in [9.17, 15) is 9.18 Å². The van der Waals surface area contributed by atoms with Gasteiger partial charge >= 0.3 is 0 Å². The standard InChI is InChI=1S/C24H25FN4O2/c1-17-14-28(16-26-17)22-9-6-19(13-23(22)31-3)12-20-10-11-27(2)29(24(20)30)15-18-4-7-21(25)8-5-18/h4-9,12-14,16H,10-11,15H2,1-3H3/b20-12+. The lowest BCUT2D eigenvalue weighted by atomic mass is 10.0. The third-order valence-corrected chi connectivity index (χ3v) is 5.41. The summed E-state index contributed by atoms with van der Waals surface area (Å²) in [5.41, 5.74) is 4.31. The highest BCUT2D eigenvalue weighted by atomic mass is 19.1. The molecule has 1 saturated heterocycles. The number of carbonyl (C=O) groups excluding carboxylic acids is 1. The Morgan fingerprint density at radius 1 is 1.19 bits per heavy atom. The molecule has 1 fully saturated rings. The van der Waals surface area contributed by atoms with Gasteiger partial charge < -0.3 is 9.30 Å². The van der Waals surface area contributed by atoms with Gasteiger partial charge in [-0.25, -0.2) is 14.4 Å². The van der Waals surface area contributed by atoms with E-state index in [-0.39, 0.29) is 11.7 Å². The smallest absolute Gasteiger partial charge is 0.264 e. The number of aromatic nitrogens is 2. The van der Waals surface area contributed by atoms with E-state index in [0.717, 1.165) is 34.6 Å². The van der Waals surface area contributed by atoms with Crippen LogP contribution in [0.15, 0.2) is 60.6 Å². The third kappa shape index (κ3) is 4.51. The van der Waals surface area contributed by atoms with Gasteiger partial charge in [-0.15, -0.1) is 0 Å². The summed E-state index contributed by atoms with van der Waals surface area (Å²) in [6, 6.07) is 12.1. The Hall–Kier alpha value is -3.45. The molecule has 0 radical (unpaired) electrons. The molecule has 0 unspecified atom stereocenters. The zero-order valence-electron chi connectivity index (χ0n) is 17.9. The number of aryl methyl sites for hydroxylation is 1. The maximum Gasteiger partial charge on any atom is 0.264 e. The van der Waals surface area contributed by atoms with Crippen LogP contribution in [0.1, 0.15) is 23.2 Å². The van der Waals surface area contributed by atoms with Crippen molar-refractivity contribution in [1.82, 2.24) is 19.6 Å². The average Bonchev–Trinajstić information content (AvgIpc) is 3.20. The number of imidazole rings is 1. The van der Waals surface area contributed by atoms with Gasteiger partial charge in [0.25, 0.3) is 5.91 Å². The molecule has 7 heteroatoms. The Bertz CT molecular complexity index is 1120. The zero-order chi connectivity index (χ0) is 22.0. The molecular weight excluding hydrogens is 395 g/mol. The highest BCUT2D eigenvalue weighted by Crippen LogP contribution is 2.27. The lowest BCUT2D eigenvalue weighted by Gasteiger charge is -2.37. The van der Waals surface area contributed by atoms with Crippen LogP contribution < -0.4 is 4.74 Å². The first-order valence-electron chi connectivity index (χ1n) is 10.1. The van der Waals surface area contributed by atoms with Crippen molar-refractivity contribution >= 4 is 12.0 Å². The first-order chi connectivity index (χ1) is 14.9. The maximum atomic E-state index is 13.2. The van der Waals surface area contributed by atoms with Gasteiger partial charge in [0, 0.05) is 25.4 Å². The molecule has 0 spiro atoms. The van der Waals surface area contributed by atoms with E-state index < -0.39 is 0 Å². The summed E-state index contributed by atoms with van der Waals surface area (Å²) in [4.78, 5) is 17.4. The van der Waals surface area contributed by atoms with Crippen LogP contribution in [0.3, 0.4) is 0 Å². The van der Waals surface area contributed by atoms with Crippen molar-refractivity contribution < 1.29 is 13.9 Å². The molecule has 1 aromatic heterocycles. The number of nitrogens with zero attached hydrogens (tertiary/aromatic N) is 4. The molecule has 4 rings (SSSR count). The SMILES string of the molecule is COc1cc(/C=C2\CCN(C)N(Cc3ccc(F)cc3)C2=O)ccc1-n1cnc(C)c1. The van der Waals surface area contributed by atoms with Crippen molar-refractivity contribution in [3.05, 3.63) is 83.2 Å². The van der Waals surface area contributed by atoms with Crippen molar-refractivity contribution in [3.8, 4) is 11.4 Å². The summed E-state index contributed by atoms with van der Waals surface area (Å²) in [5, 5.41) is 3.61. The predicted molar refractivity (Wildman–Crippen MR) is 117 cm³/mol. The number of halogens is 1. The predicted octanol–water partition coefficient (Wildman–Crippen LogP) is 3.99. The number of hydrogen-bond acceptors (Lipinski definition) is 4. The highest BCUT2D eigenvalue weighted by molar-refractivity contribution is 5.98. The van der Waals surface area contributed by atoms with Crippen LogP contribution in [-0.4, -0.2) is 46.2 Å². The van der Waals surface area contributed by atoms with E-state index in [0.29, 0.717) is 18.7 Å². The minimum atomic E-state index is -0.286. The molecule has 1 aliphatic heterocycles. The molecule has 31 heavy (non-hydrogen) atoms. The topological polar surface area (TPSA) is 50.6 Å². The van der Waals surface area contributed by atoms with E-state index in [1.807, 2.05) is 54.0 Å². The van der Waals surface area contributed by atoms with Gasteiger partial charge in [-0.2, -0.15) is 0 Å². The van der Waals surface area contributed by atoms with Gasteiger partial charge in [-0.1, -0.05) is 18.2 Å². The third-order valence-electron chi connectivity index (χ3n) is 5.41. The summed E-state index contributed by atoms with van der Waals surface area (Å²) >= 11 is 0. The Morgan fingerprint density at radius 2 is 1.97 bits per heavy atom. The molecule has 6 nitrogen and oxygen atoms in total. The fraction of sp³-hybridized carbons (Fsp3) is 0.250. The van der Waals surface area contributed by atoms with Crippen molar-refractivity contribution in [2.24, 2.45) is 0 Å². The van der Waals surface area contributed by atoms with Crippen LogP contribution in [0.5, 0.6) is 5.75 Å². The summed E-state index contributed by atoms with van der Waals surface area (Å²) in [6.07, 6.45) is 6.25. The second-order valence-corrected chi connectivity index (χ2v) is 7.64. The molecule has 2 aromatic carbocycles. The van der Waals surface area contributed by atoms with Crippen molar-refractivity contribution in [2.45, 2.75) is 19.9 Å². The second kappa shape index (κ2) is 8.73. The molecule has 0 bridgehead atoms. The summed E-state index contributed by atoms with van der Waals surface area (Å²) in [7, 11) is 3.52. The summed E-state index contributed by atoms with van der Waals surface area (Å²) in [6.45, 7) is 3.06. The maximum absolute atomic E-state index is 13.2. The number of carbonyl (C=O) groups is 1. The van der Waals surface area contributed by atoms with Gasteiger partial charge in [0.1, 0.15) is 11.6 Å². The van der Waals surface area contributed by atoms with Gasteiger partial charge in [-0.3, -0.25) is 9.80 Å². The van der Waals surface area contributed by atoms with Crippen LogP contribution in [-0.2, 0) is 11.3 Å². The molecule has 2 heterocycles. The van der Waals surface area contributed by atoms with Gasteiger partial charge in [0.2, 0.25) is 0 Å². The minimum absolute atomic E-state index is 0.0497. The molecule has 0 N–H and O–H groups in total. The lowest BCUT2D eigenvalue weighted by Crippen LogP contribution is -2.48. The van der Waals surface area contributed by atoms with Gasteiger partial charge in [-0.05, 0) is 54.8 Å². The number of hydrogen-bond donors (Lipinski definition) is 0. The zero-order valence-corrected chi connectivity index (χ0v) is 17.9. The quantitative estimate of drug-likeness (QED) is 0.586. The van der Waals surface area contributed by atoms with E-state index >= 15 is 0 Å². The fourth-order valence-electron chi connectivity index (χ4n) is 3.67. The Balaban J connectivity index is 1.58. The van der Waals surface area contributed by atoms with Crippen LogP contribution >= 0.6 is 0 Å². The molecule has 0 aliphatic carbocycles. The van der Waals surface area contributed by atoms with E-state index in [1.54, 1.807) is 30.6 Å². The lowest BCUT2D eigenvalue weighted by molar-refractivity contribution is -0.147. The number of amides is 1. The first-order valence-corrected chi connectivity index (χ1v) is 10.1. The average molecular weight is 420 g/mol. The van der Waals surface area contributed by atoms with Crippen LogP contribution in [0.4, 0.5) is 4.39 Å². The highest BCUT2D eigenvalue weighted by Gasteiger charge is 2.27. The normalized spacial score (nSPS) is 16.2. The molecule has 160 valence electrons. The minimum Gasteiger partial charge on any atom is -0.495 e. The van der Waals surface area contributed by atoms with Crippen LogP contribution in [0, 0.1) is 12.7 Å². The monoisotopic (exact) mass is 420 g/mol. The van der Waals surface area contributed by atoms with Gasteiger partial charge in [0.15, 0.2) is 0 Å². The fourth-order valence-corrected chi connectivity index (χ4v) is 3.67.